The Hall–Kier alpha value is -0.910. The third-order valence-electron chi connectivity index (χ3n) is 5.13. The molecule has 0 heterocycles. The zero-order valence-electron chi connectivity index (χ0n) is 18.8. The number of likely N-dealkylation sites (N-methyl/N-ethyl adjacent to an activating group) is 1. The van der Waals surface area contributed by atoms with Crippen LogP contribution in [0.4, 0.5) is 0 Å². The summed E-state index contributed by atoms with van der Waals surface area (Å²) in [5, 5.41) is 29.7. The highest BCUT2D eigenvalue weighted by Gasteiger charge is 2.30. The van der Waals surface area contributed by atoms with Crippen LogP contribution in [0.15, 0.2) is 12.2 Å². The zero-order valence-corrected chi connectivity index (χ0v) is 18.8. The second-order valence-electron chi connectivity index (χ2n) is 9.17. The van der Waals surface area contributed by atoms with E-state index in [9.17, 15) is 20.1 Å². The molecular formula is C23H46NO4+. The first-order valence-electron chi connectivity index (χ1n) is 11.2. The molecule has 0 aliphatic heterocycles. The monoisotopic (exact) mass is 400 g/mol. The van der Waals surface area contributed by atoms with Gasteiger partial charge in [0.2, 0.25) is 0 Å². The molecule has 28 heavy (non-hydrogen) atoms. The average molecular weight is 401 g/mol. The SMILES string of the molecule is CCCCCCC=CCCCCCC(O)CCC(C(=O)O)C(O)C[N+](C)(C)C. The van der Waals surface area contributed by atoms with Gasteiger partial charge in [0.1, 0.15) is 12.6 Å². The average Bonchev–Trinajstić information content (AvgIpc) is 2.58. The van der Waals surface area contributed by atoms with Crippen LogP contribution in [-0.2, 0) is 4.79 Å². The quantitative estimate of drug-likeness (QED) is 0.181. The van der Waals surface area contributed by atoms with Crippen molar-refractivity contribution in [2.75, 3.05) is 27.7 Å². The van der Waals surface area contributed by atoms with Gasteiger partial charge in [-0.15, -0.1) is 0 Å². The molecule has 0 aromatic carbocycles. The van der Waals surface area contributed by atoms with Gasteiger partial charge >= 0.3 is 5.97 Å². The number of hydrogen-bond acceptors (Lipinski definition) is 3. The lowest BCUT2D eigenvalue weighted by Gasteiger charge is -2.29. The van der Waals surface area contributed by atoms with Crippen LogP contribution in [0.25, 0.3) is 0 Å². The largest absolute Gasteiger partial charge is 0.481 e. The van der Waals surface area contributed by atoms with E-state index in [0.29, 0.717) is 30.3 Å². The lowest BCUT2D eigenvalue weighted by Crippen LogP contribution is -2.45. The minimum absolute atomic E-state index is 0.318. The predicted molar refractivity (Wildman–Crippen MR) is 116 cm³/mol. The summed E-state index contributed by atoms with van der Waals surface area (Å²) in [7, 11) is 5.79. The van der Waals surface area contributed by atoms with E-state index in [2.05, 4.69) is 19.1 Å². The fourth-order valence-corrected chi connectivity index (χ4v) is 3.43. The third-order valence-corrected chi connectivity index (χ3v) is 5.13. The van der Waals surface area contributed by atoms with Crippen molar-refractivity contribution in [1.82, 2.24) is 0 Å². The number of unbranched alkanes of at least 4 members (excludes halogenated alkanes) is 7. The number of aliphatic hydroxyl groups is 2. The van der Waals surface area contributed by atoms with Crippen LogP contribution in [0.2, 0.25) is 0 Å². The molecule has 0 saturated heterocycles. The maximum absolute atomic E-state index is 11.4. The van der Waals surface area contributed by atoms with Gasteiger partial charge in [0.15, 0.2) is 0 Å². The first-order valence-corrected chi connectivity index (χ1v) is 11.2. The number of quaternary nitrogens is 1. The van der Waals surface area contributed by atoms with Crippen LogP contribution < -0.4 is 0 Å². The van der Waals surface area contributed by atoms with Gasteiger partial charge in [-0.2, -0.15) is 0 Å². The second-order valence-corrected chi connectivity index (χ2v) is 9.17. The molecule has 5 heteroatoms. The lowest BCUT2D eigenvalue weighted by atomic mass is 9.93. The molecule has 0 spiro atoms. The topological polar surface area (TPSA) is 77.8 Å². The number of rotatable bonds is 18. The smallest absolute Gasteiger partial charge is 0.309 e. The molecule has 166 valence electrons. The van der Waals surface area contributed by atoms with Gasteiger partial charge in [-0.25, -0.2) is 0 Å². The minimum atomic E-state index is -0.977. The Labute approximate surface area is 173 Å². The maximum atomic E-state index is 11.4. The van der Waals surface area contributed by atoms with Crippen molar-refractivity contribution >= 4 is 5.97 Å². The number of aliphatic carboxylic acids is 1. The summed E-state index contributed by atoms with van der Waals surface area (Å²) < 4.78 is 0.515. The van der Waals surface area contributed by atoms with Gasteiger partial charge in [-0.1, -0.05) is 51.2 Å². The van der Waals surface area contributed by atoms with Gasteiger partial charge in [-0.3, -0.25) is 4.79 Å². The molecule has 5 nitrogen and oxygen atoms in total. The Morgan fingerprint density at radius 2 is 1.43 bits per heavy atom. The molecular weight excluding hydrogens is 354 g/mol. The van der Waals surface area contributed by atoms with Crippen molar-refractivity contribution in [1.29, 1.82) is 0 Å². The Balaban J connectivity index is 3.86. The number of hydrogen-bond donors (Lipinski definition) is 3. The molecule has 3 atom stereocenters. The summed E-state index contributed by atoms with van der Waals surface area (Å²) in [6.07, 6.45) is 15.4. The zero-order chi connectivity index (χ0) is 21.4. The Bertz CT molecular complexity index is 417. The van der Waals surface area contributed by atoms with Crippen molar-refractivity contribution in [3.63, 3.8) is 0 Å². The predicted octanol–water partition coefficient (Wildman–Crippen LogP) is 4.37. The van der Waals surface area contributed by atoms with Crippen LogP contribution >= 0.6 is 0 Å². The first kappa shape index (κ1) is 27.1. The summed E-state index contributed by atoms with van der Waals surface area (Å²) in [5.41, 5.74) is 0. The molecule has 0 aliphatic rings. The van der Waals surface area contributed by atoms with E-state index >= 15 is 0 Å². The summed E-state index contributed by atoms with van der Waals surface area (Å²) in [5.74, 6) is -1.79. The number of carbonyl (C=O) groups is 1. The molecule has 0 aliphatic carbocycles. The Kier molecular flexibility index (Phi) is 15.4. The fraction of sp³-hybridized carbons (Fsp3) is 0.870. The summed E-state index contributed by atoms with van der Waals surface area (Å²) in [6, 6.07) is 0. The lowest BCUT2D eigenvalue weighted by molar-refractivity contribution is -0.874. The standard InChI is InChI=1S/C23H45NO4/c1-5-6-7-8-9-10-11-12-13-14-15-16-20(25)17-18-21(23(27)28)22(26)19-24(2,3)4/h10-11,20-22,25-26H,5-9,12-19H2,1-4H3/p+1. The fourth-order valence-electron chi connectivity index (χ4n) is 3.43. The highest BCUT2D eigenvalue weighted by atomic mass is 16.4. The number of carboxylic acids is 1. The number of nitrogens with zero attached hydrogens (tertiary/aromatic N) is 1. The van der Waals surface area contributed by atoms with Crippen molar-refractivity contribution in [3.05, 3.63) is 12.2 Å². The van der Waals surface area contributed by atoms with E-state index in [4.69, 9.17) is 0 Å². The normalized spacial score (nSPS) is 15.6. The molecule has 0 fully saturated rings. The summed E-state index contributed by atoms with van der Waals surface area (Å²) >= 11 is 0. The Morgan fingerprint density at radius 3 is 1.93 bits per heavy atom. The van der Waals surface area contributed by atoms with Gasteiger partial charge in [0.25, 0.3) is 0 Å². The van der Waals surface area contributed by atoms with Crippen molar-refractivity contribution in [3.8, 4) is 0 Å². The van der Waals surface area contributed by atoms with Crippen LogP contribution in [0.3, 0.4) is 0 Å². The van der Waals surface area contributed by atoms with Crippen molar-refractivity contribution in [2.45, 2.75) is 96.2 Å². The van der Waals surface area contributed by atoms with Crippen molar-refractivity contribution in [2.24, 2.45) is 5.92 Å². The van der Waals surface area contributed by atoms with Crippen LogP contribution in [0.1, 0.15) is 84.0 Å². The van der Waals surface area contributed by atoms with E-state index < -0.39 is 24.1 Å². The summed E-state index contributed by atoms with van der Waals surface area (Å²) in [6.45, 7) is 2.62. The minimum Gasteiger partial charge on any atom is -0.481 e. The molecule has 0 amide bonds. The third kappa shape index (κ3) is 16.1. The molecule has 0 radical (unpaired) electrons. The van der Waals surface area contributed by atoms with E-state index in [1.165, 1.54) is 32.1 Å². The molecule has 0 rings (SSSR count). The van der Waals surface area contributed by atoms with Gasteiger partial charge in [-0.05, 0) is 44.9 Å². The maximum Gasteiger partial charge on any atom is 0.309 e. The van der Waals surface area contributed by atoms with E-state index in [0.717, 1.165) is 25.7 Å². The highest BCUT2D eigenvalue weighted by Crippen LogP contribution is 2.18. The van der Waals surface area contributed by atoms with E-state index in [1.54, 1.807) is 0 Å². The van der Waals surface area contributed by atoms with Crippen molar-refractivity contribution < 1.29 is 24.6 Å². The number of carboxylic acid groups (broad SMARTS) is 1. The first-order chi connectivity index (χ1) is 13.2. The Morgan fingerprint density at radius 1 is 0.857 bits per heavy atom. The van der Waals surface area contributed by atoms with Crippen LogP contribution in [-0.4, -0.2) is 65.7 Å². The number of aliphatic hydroxyl groups excluding tert-OH is 2. The molecule has 0 bridgehead atoms. The highest BCUT2D eigenvalue weighted by molar-refractivity contribution is 5.70. The molecule has 3 N–H and O–H groups in total. The second kappa shape index (κ2) is 15.9. The molecule has 0 aromatic rings. The number of allylic oxidation sites excluding steroid dienone is 2. The molecule has 0 aromatic heterocycles. The van der Waals surface area contributed by atoms with Gasteiger partial charge in [0.05, 0.1) is 33.2 Å². The van der Waals surface area contributed by atoms with Crippen LogP contribution in [0, 0.1) is 5.92 Å². The molecule has 0 saturated carbocycles. The van der Waals surface area contributed by atoms with Gasteiger partial charge in [0, 0.05) is 0 Å². The van der Waals surface area contributed by atoms with E-state index in [-0.39, 0.29) is 0 Å². The molecule has 3 unspecified atom stereocenters. The van der Waals surface area contributed by atoms with Crippen LogP contribution in [0.5, 0.6) is 0 Å². The summed E-state index contributed by atoms with van der Waals surface area (Å²) in [4.78, 5) is 11.4. The van der Waals surface area contributed by atoms with E-state index in [1.807, 2.05) is 21.1 Å². The van der Waals surface area contributed by atoms with Gasteiger partial charge < -0.3 is 19.8 Å².